The summed E-state index contributed by atoms with van der Waals surface area (Å²) >= 11 is 0. The van der Waals surface area contributed by atoms with Crippen LogP contribution < -0.4 is 0 Å². The van der Waals surface area contributed by atoms with E-state index >= 15 is 0 Å². The van der Waals surface area contributed by atoms with Crippen LogP contribution >= 0.6 is 0 Å². The minimum absolute atomic E-state index is 0.00684. The first kappa shape index (κ1) is 28.7. The molecule has 0 atom stereocenters. The molecule has 4 rings (SSSR count). The Morgan fingerprint density at radius 1 is 0.838 bits per heavy atom. The molecule has 0 saturated heterocycles. The molecule has 0 bridgehead atoms. The first-order valence-corrected chi connectivity index (χ1v) is 14.1. The van der Waals surface area contributed by atoms with Crippen molar-refractivity contribution < 1.29 is 5.11 Å². The molecule has 1 aliphatic carbocycles. The molecule has 0 radical (unpaired) electrons. The fourth-order valence-electron chi connectivity index (χ4n) is 5.87. The van der Waals surface area contributed by atoms with E-state index in [1.807, 2.05) is 12.4 Å². The second-order valence-corrected chi connectivity index (χ2v) is 10.4. The molecule has 2 aromatic carbocycles. The summed E-state index contributed by atoms with van der Waals surface area (Å²) in [5, 5.41) is 7.00. The van der Waals surface area contributed by atoms with E-state index in [1.165, 1.54) is 76.6 Å². The molecular weight excluding hydrogens is 450 g/mol. The minimum atomic E-state index is 0.00684. The molecule has 196 valence electrons. The van der Waals surface area contributed by atoms with Crippen LogP contribution in [0.1, 0.15) is 99.1 Å². The van der Waals surface area contributed by atoms with Crippen LogP contribution in [-0.2, 0) is 11.8 Å². The normalized spacial score (nSPS) is 13.8. The zero-order chi connectivity index (χ0) is 26.8. The van der Waals surface area contributed by atoms with Gasteiger partial charge in [0, 0.05) is 42.0 Å². The van der Waals surface area contributed by atoms with Crippen molar-refractivity contribution in [3.63, 3.8) is 0 Å². The molecule has 3 aromatic rings. The Labute approximate surface area is 225 Å². The van der Waals surface area contributed by atoms with Crippen molar-refractivity contribution in [1.82, 2.24) is 4.98 Å². The first-order chi connectivity index (χ1) is 18.0. The predicted molar refractivity (Wildman–Crippen MR) is 158 cm³/mol. The second-order valence-electron chi connectivity index (χ2n) is 10.4. The third-order valence-electron chi connectivity index (χ3n) is 8.30. The molecular formula is C35H45NO. The Morgan fingerprint density at radius 3 is 2.08 bits per heavy atom. The molecule has 0 unspecified atom stereocenters. The number of aryl methyl sites for hydroxylation is 3. The van der Waals surface area contributed by atoms with E-state index in [0.717, 1.165) is 26.4 Å². The van der Waals surface area contributed by atoms with Gasteiger partial charge in [0.25, 0.3) is 0 Å². The molecule has 1 heterocycles. The van der Waals surface area contributed by atoms with Gasteiger partial charge in [-0.05, 0) is 91.5 Å². The lowest BCUT2D eigenvalue weighted by molar-refractivity contribution is 0.399. The molecule has 0 spiro atoms. The molecule has 37 heavy (non-hydrogen) atoms. The summed E-state index contributed by atoms with van der Waals surface area (Å²) in [7, 11) is 1.00. The largest absolute Gasteiger partial charge is 0.400 e. The molecule has 0 amide bonds. The summed E-state index contributed by atoms with van der Waals surface area (Å²) in [5.74, 6) is 7.69. The Kier molecular flexibility index (Phi) is 10.5. The summed E-state index contributed by atoms with van der Waals surface area (Å²) in [6, 6.07) is 16.3. The van der Waals surface area contributed by atoms with Crippen LogP contribution in [0.2, 0.25) is 0 Å². The van der Waals surface area contributed by atoms with Gasteiger partial charge in [0.1, 0.15) is 0 Å². The zero-order valence-corrected chi connectivity index (χ0v) is 23.8. The van der Waals surface area contributed by atoms with Gasteiger partial charge in [-0.15, -0.1) is 0 Å². The highest BCUT2D eigenvalue weighted by Gasteiger charge is 2.31. The lowest BCUT2D eigenvalue weighted by atomic mass is 9.69. The van der Waals surface area contributed by atoms with Crippen LogP contribution in [0.15, 0.2) is 54.9 Å². The third kappa shape index (κ3) is 6.52. The van der Waals surface area contributed by atoms with E-state index in [0.29, 0.717) is 5.92 Å². The van der Waals surface area contributed by atoms with Gasteiger partial charge in [0.2, 0.25) is 0 Å². The van der Waals surface area contributed by atoms with Gasteiger partial charge in [0.15, 0.2) is 0 Å². The van der Waals surface area contributed by atoms with Gasteiger partial charge in [-0.3, -0.25) is 4.98 Å². The van der Waals surface area contributed by atoms with Gasteiger partial charge in [-0.2, -0.15) is 0 Å². The van der Waals surface area contributed by atoms with Crippen molar-refractivity contribution in [1.29, 1.82) is 0 Å². The van der Waals surface area contributed by atoms with Crippen molar-refractivity contribution in [3.05, 3.63) is 88.2 Å². The van der Waals surface area contributed by atoms with Crippen molar-refractivity contribution >= 4 is 0 Å². The Balaban J connectivity index is 0.00000186. The van der Waals surface area contributed by atoms with Gasteiger partial charge in [-0.25, -0.2) is 0 Å². The molecule has 1 aromatic heterocycles. The predicted octanol–water partition coefficient (Wildman–Crippen LogP) is 8.57. The summed E-state index contributed by atoms with van der Waals surface area (Å²) < 4.78 is 0. The van der Waals surface area contributed by atoms with Crippen molar-refractivity contribution in [2.24, 2.45) is 5.92 Å². The SMILES string of the molecule is CCc1cncc(-c2ccc(C(CC)(CC)c3ccc(C#CC4CCCCC4)c(C)c3)cc2C)c1.CO. The van der Waals surface area contributed by atoms with E-state index in [2.05, 4.69) is 93.9 Å². The summed E-state index contributed by atoms with van der Waals surface area (Å²) in [4.78, 5) is 4.48. The van der Waals surface area contributed by atoms with Gasteiger partial charge in [0.05, 0.1) is 0 Å². The molecule has 1 fully saturated rings. The molecule has 2 nitrogen and oxygen atoms in total. The highest BCUT2D eigenvalue weighted by molar-refractivity contribution is 5.68. The number of aliphatic hydroxyl groups excluding tert-OH is 1. The summed E-state index contributed by atoms with van der Waals surface area (Å²) in [6.45, 7) is 11.3. The lowest BCUT2D eigenvalue weighted by Gasteiger charge is -2.34. The zero-order valence-electron chi connectivity index (χ0n) is 23.8. The molecule has 1 aliphatic rings. The second kappa shape index (κ2) is 13.6. The van der Waals surface area contributed by atoms with Crippen molar-refractivity contribution in [2.75, 3.05) is 7.11 Å². The smallest absolute Gasteiger partial charge is 0.0346 e. The monoisotopic (exact) mass is 495 g/mol. The van der Waals surface area contributed by atoms with Crippen molar-refractivity contribution in [3.8, 4) is 23.0 Å². The minimum Gasteiger partial charge on any atom is -0.400 e. The highest BCUT2D eigenvalue weighted by atomic mass is 16.2. The molecule has 0 aliphatic heterocycles. The number of benzene rings is 2. The Bertz CT molecular complexity index is 1220. The van der Waals surface area contributed by atoms with E-state index < -0.39 is 0 Å². The quantitative estimate of drug-likeness (QED) is 0.347. The Morgan fingerprint density at radius 2 is 1.49 bits per heavy atom. The fourth-order valence-corrected chi connectivity index (χ4v) is 5.87. The Hall–Kier alpha value is -2.89. The van der Waals surface area contributed by atoms with Crippen molar-refractivity contribution in [2.45, 2.75) is 91.4 Å². The van der Waals surface area contributed by atoms with Gasteiger partial charge >= 0.3 is 0 Å². The number of nitrogens with zero attached hydrogens (tertiary/aromatic N) is 1. The summed E-state index contributed by atoms with van der Waals surface area (Å²) in [5.41, 5.74) is 10.4. The summed E-state index contributed by atoms with van der Waals surface area (Å²) in [6.07, 6.45) is 13.7. The number of aromatic nitrogens is 1. The van der Waals surface area contributed by atoms with Crippen LogP contribution in [-0.4, -0.2) is 17.2 Å². The average Bonchev–Trinajstić information content (AvgIpc) is 2.95. The fraction of sp³-hybridized carbons (Fsp3) is 0.457. The van der Waals surface area contributed by atoms with Gasteiger partial charge < -0.3 is 5.11 Å². The van der Waals surface area contributed by atoms with E-state index in [4.69, 9.17) is 5.11 Å². The lowest BCUT2D eigenvalue weighted by Crippen LogP contribution is -2.26. The van der Waals surface area contributed by atoms with Crippen LogP contribution in [0.5, 0.6) is 0 Å². The topological polar surface area (TPSA) is 33.1 Å². The number of rotatable bonds is 6. The maximum absolute atomic E-state index is 7.00. The van der Waals surface area contributed by atoms with E-state index in [9.17, 15) is 0 Å². The molecule has 1 N–H and O–H groups in total. The number of aliphatic hydroxyl groups is 1. The number of pyridine rings is 1. The number of hydrogen-bond donors (Lipinski definition) is 1. The van der Waals surface area contributed by atoms with E-state index in [-0.39, 0.29) is 5.41 Å². The standard InChI is InChI=1S/C34H41N.CH4O/c1-6-27-22-30(24-35-23-27)33-19-18-32(21-26(33)5)34(7-2,8-3)31-17-16-29(25(4)20-31)15-14-28-12-10-9-11-13-28;1-2/h16-24,28H,6-13H2,1-5H3;2H,1H3. The maximum Gasteiger partial charge on any atom is 0.0346 e. The third-order valence-corrected chi connectivity index (χ3v) is 8.30. The van der Waals surface area contributed by atoms with E-state index in [1.54, 1.807) is 0 Å². The molecule has 2 heteroatoms. The van der Waals surface area contributed by atoms with Crippen LogP contribution in [0, 0.1) is 31.6 Å². The maximum atomic E-state index is 7.00. The highest BCUT2D eigenvalue weighted by Crippen LogP contribution is 2.41. The average molecular weight is 496 g/mol. The van der Waals surface area contributed by atoms with Crippen LogP contribution in [0.25, 0.3) is 11.1 Å². The first-order valence-electron chi connectivity index (χ1n) is 14.1. The number of hydrogen-bond acceptors (Lipinski definition) is 2. The van der Waals surface area contributed by atoms with Crippen LogP contribution in [0.4, 0.5) is 0 Å². The molecule has 1 saturated carbocycles. The van der Waals surface area contributed by atoms with Gasteiger partial charge in [-0.1, -0.05) is 82.2 Å². The van der Waals surface area contributed by atoms with Crippen LogP contribution in [0.3, 0.4) is 0 Å².